The molecule has 0 spiro atoms. The van der Waals surface area contributed by atoms with Crippen LogP contribution >= 0.6 is 0 Å². The summed E-state index contributed by atoms with van der Waals surface area (Å²) in [6.07, 6.45) is 4.79. The quantitative estimate of drug-likeness (QED) is 0.294. The zero-order chi connectivity index (χ0) is 24.0. The number of carbonyl (C=O) groups is 2. The second kappa shape index (κ2) is 11.2. The Bertz CT molecular complexity index is 798. The summed E-state index contributed by atoms with van der Waals surface area (Å²) in [4.78, 5) is 26.6. The van der Waals surface area contributed by atoms with Gasteiger partial charge in [-0.1, -0.05) is 51.0 Å². The van der Waals surface area contributed by atoms with Gasteiger partial charge in [0.15, 0.2) is 11.6 Å². The van der Waals surface area contributed by atoms with Crippen molar-refractivity contribution in [3.05, 3.63) is 40.5 Å². The van der Waals surface area contributed by atoms with E-state index in [0.29, 0.717) is 12.8 Å². The zero-order valence-electron chi connectivity index (χ0n) is 20.1. The van der Waals surface area contributed by atoms with Crippen LogP contribution in [0.15, 0.2) is 29.4 Å². The number of hydrogen-bond donors (Lipinski definition) is 3. The fraction of sp³-hybridized carbons (Fsp3) is 0.538. The second-order valence-electron chi connectivity index (χ2n) is 9.48. The molecule has 0 saturated carbocycles. The van der Waals surface area contributed by atoms with Gasteiger partial charge in [-0.05, 0) is 52.4 Å². The number of Topliss-reactive ketones (excluding diaryl/α,β-unsaturated/α-hetero) is 2. The Morgan fingerprint density at radius 1 is 0.742 bits per heavy atom. The maximum atomic E-state index is 13.3. The third kappa shape index (κ3) is 6.71. The van der Waals surface area contributed by atoms with Gasteiger partial charge >= 0.3 is 0 Å². The standard InChI is InChI=1S/C26H38O5/c1-14(2)9-11-18(16(5)6)24(29)22-20(27)13-21(28)23(26(22)31)25(30)19(17(7)8)12-10-15(3)4/h9-10,13,16-19,27-28,31H,11-12H2,1-8H3. The van der Waals surface area contributed by atoms with Crippen molar-refractivity contribution in [2.75, 3.05) is 0 Å². The summed E-state index contributed by atoms with van der Waals surface area (Å²) >= 11 is 0. The summed E-state index contributed by atoms with van der Waals surface area (Å²) < 4.78 is 0. The maximum Gasteiger partial charge on any atom is 0.174 e. The number of phenols is 3. The lowest BCUT2D eigenvalue weighted by atomic mass is 9.81. The lowest BCUT2D eigenvalue weighted by Gasteiger charge is -2.23. The molecule has 0 bridgehead atoms. The summed E-state index contributed by atoms with van der Waals surface area (Å²) in [5, 5.41) is 31.7. The van der Waals surface area contributed by atoms with Gasteiger partial charge in [0, 0.05) is 17.9 Å². The van der Waals surface area contributed by atoms with E-state index < -0.39 is 40.7 Å². The summed E-state index contributed by atoms with van der Waals surface area (Å²) in [5.74, 6) is -3.62. The van der Waals surface area contributed by atoms with Crippen molar-refractivity contribution >= 4 is 11.6 Å². The van der Waals surface area contributed by atoms with E-state index in [-0.39, 0.29) is 23.0 Å². The van der Waals surface area contributed by atoms with Gasteiger partial charge < -0.3 is 15.3 Å². The van der Waals surface area contributed by atoms with Crippen LogP contribution < -0.4 is 0 Å². The van der Waals surface area contributed by atoms with Gasteiger partial charge in [0.05, 0.1) is 0 Å². The molecule has 0 radical (unpaired) electrons. The summed E-state index contributed by atoms with van der Waals surface area (Å²) in [5.41, 5.74) is 1.53. The van der Waals surface area contributed by atoms with Crippen LogP contribution in [0.1, 0.15) is 88.9 Å². The molecule has 0 aliphatic carbocycles. The Kier molecular flexibility index (Phi) is 9.54. The molecule has 2 atom stereocenters. The van der Waals surface area contributed by atoms with Crippen LogP contribution in [-0.2, 0) is 0 Å². The van der Waals surface area contributed by atoms with Crippen molar-refractivity contribution in [3.8, 4) is 17.2 Å². The molecule has 0 aliphatic heterocycles. The fourth-order valence-electron chi connectivity index (χ4n) is 3.59. The first kappa shape index (κ1) is 26.5. The number of hydrogen-bond acceptors (Lipinski definition) is 5. The zero-order valence-corrected chi connectivity index (χ0v) is 20.1. The van der Waals surface area contributed by atoms with Crippen molar-refractivity contribution < 1.29 is 24.9 Å². The number of rotatable bonds is 10. The van der Waals surface area contributed by atoms with Crippen molar-refractivity contribution in [1.29, 1.82) is 0 Å². The molecule has 0 aromatic heterocycles. The first-order chi connectivity index (χ1) is 14.3. The number of aromatic hydroxyl groups is 3. The lowest BCUT2D eigenvalue weighted by Crippen LogP contribution is -2.23. The van der Waals surface area contributed by atoms with E-state index in [0.717, 1.165) is 17.2 Å². The first-order valence-corrected chi connectivity index (χ1v) is 10.9. The molecule has 0 amide bonds. The topological polar surface area (TPSA) is 94.8 Å². The molecule has 5 nitrogen and oxygen atoms in total. The van der Waals surface area contributed by atoms with Gasteiger partial charge in [-0.25, -0.2) is 0 Å². The van der Waals surface area contributed by atoms with Crippen molar-refractivity contribution in [2.45, 2.75) is 68.2 Å². The Labute approximate surface area is 186 Å². The van der Waals surface area contributed by atoms with E-state index in [1.54, 1.807) is 0 Å². The first-order valence-electron chi connectivity index (χ1n) is 10.9. The van der Waals surface area contributed by atoms with E-state index in [1.807, 2.05) is 67.5 Å². The average molecular weight is 431 g/mol. The monoisotopic (exact) mass is 430 g/mol. The normalized spacial score (nSPS) is 13.1. The van der Waals surface area contributed by atoms with Gasteiger partial charge in [-0.2, -0.15) is 0 Å². The molecule has 0 saturated heterocycles. The van der Waals surface area contributed by atoms with E-state index in [1.165, 1.54) is 0 Å². The Morgan fingerprint density at radius 3 is 1.32 bits per heavy atom. The van der Waals surface area contributed by atoms with Gasteiger partial charge in [0.2, 0.25) is 0 Å². The number of ketones is 2. The van der Waals surface area contributed by atoms with E-state index in [9.17, 15) is 24.9 Å². The van der Waals surface area contributed by atoms with Crippen LogP contribution in [0.2, 0.25) is 0 Å². The van der Waals surface area contributed by atoms with Gasteiger partial charge in [-0.3, -0.25) is 9.59 Å². The smallest absolute Gasteiger partial charge is 0.174 e. The van der Waals surface area contributed by atoms with Crippen LogP contribution in [-0.4, -0.2) is 26.9 Å². The number of phenolic OH excluding ortho intramolecular Hbond substituents is 3. The summed E-state index contributed by atoms with van der Waals surface area (Å²) in [6.45, 7) is 15.3. The average Bonchev–Trinajstić information content (AvgIpc) is 2.60. The van der Waals surface area contributed by atoms with E-state index >= 15 is 0 Å². The number of allylic oxidation sites excluding steroid dienone is 4. The second-order valence-corrected chi connectivity index (χ2v) is 9.48. The molecule has 1 aromatic carbocycles. The number of carbonyl (C=O) groups excluding carboxylic acids is 2. The minimum atomic E-state index is -0.641. The Morgan fingerprint density at radius 2 is 1.06 bits per heavy atom. The van der Waals surface area contributed by atoms with Crippen LogP contribution in [0.3, 0.4) is 0 Å². The van der Waals surface area contributed by atoms with Crippen LogP contribution in [0.25, 0.3) is 0 Å². The van der Waals surface area contributed by atoms with Crippen LogP contribution in [0.5, 0.6) is 17.2 Å². The SMILES string of the molecule is CC(C)=CCC(C(=O)c1c(O)cc(O)c(C(=O)C(CC=C(C)C)C(C)C)c1O)C(C)C. The highest BCUT2D eigenvalue weighted by molar-refractivity contribution is 6.10. The van der Waals surface area contributed by atoms with Gasteiger partial charge in [0.25, 0.3) is 0 Å². The molecule has 0 heterocycles. The lowest BCUT2D eigenvalue weighted by molar-refractivity contribution is 0.0878. The largest absolute Gasteiger partial charge is 0.507 e. The highest BCUT2D eigenvalue weighted by Gasteiger charge is 2.34. The molecule has 0 aliphatic rings. The van der Waals surface area contributed by atoms with Crippen molar-refractivity contribution in [1.82, 2.24) is 0 Å². The summed E-state index contributed by atoms with van der Waals surface area (Å²) in [7, 11) is 0. The molecule has 1 rings (SSSR count). The van der Waals surface area contributed by atoms with Crippen LogP contribution in [0.4, 0.5) is 0 Å². The fourth-order valence-corrected chi connectivity index (χ4v) is 3.59. The third-order valence-electron chi connectivity index (χ3n) is 5.60. The molecular weight excluding hydrogens is 392 g/mol. The van der Waals surface area contributed by atoms with Gasteiger partial charge in [-0.15, -0.1) is 0 Å². The minimum Gasteiger partial charge on any atom is -0.507 e. The van der Waals surface area contributed by atoms with Crippen molar-refractivity contribution in [2.24, 2.45) is 23.7 Å². The molecule has 0 fully saturated rings. The minimum absolute atomic E-state index is 0.0454. The predicted octanol–water partition coefficient (Wildman–Crippen LogP) is 6.43. The van der Waals surface area contributed by atoms with Crippen LogP contribution in [0, 0.1) is 23.7 Å². The molecule has 2 unspecified atom stereocenters. The predicted molar refractivity (Wildman–Crippen MR) is 125 cm³/mol. The van der Waals surface area contributed by atoms with E-state index in [2.05, 4.69) is 0 Å². The number of benzene rings is 1. The molecular formula is C26H38O5. The Hall–Kier alpha value is -2.56. The third-order valence-corrected chi connectivity index (χ3v) is 5.60. The van der Waals surface area contributed by atoms with E-state index in [4.69, 9.17) is 0 Å². The van der Waals surface area contributed by atoms with Crippen molar-refractivity contribution in [3.63, 3.8) is 0 Å². The molecule has 5 heteroatoms. The maximum absolute atomic E-state index is 13.3. The molecule has 172 valence electrons. The molecule has 1 aromatic rings. The highest BCUT2D eigenvalue weighted by Crippen LogP contribution is 2.42. The molecule has 3 N–H and O–H groups in total. The summed E-state index contributed by atoms with van der Waals surface area (Å²) in [6, 6.07) is 0.983. The highest BCUT2D eigenvalue weighted by atomic mass is 16.3. The molecule has 31 heavy (non-hydrogen) atoms. The van der Waals surface area contributed by atoms with Gasteiger partial charge in [0.1, 0.15) is 28.4 Å². The Balaban J connectivity index is 3.56.